The molecule has 0 unspecified atom stereocenters. The molecule has 0 fully saturated rings. The van der Waals surface area contributed by atoms with Gasteiger partial charge in [0, 0.05) is 40.7 Å². The van der Waals surface area contributed by atoms with Crippen LogP contribution in [0.3, 0.4) is 0 Å². The van der Waals surface area contributed by atoms with Crippen molar-refractivity contribution in [1.29, 1.82) is 0 Å². The molecule has 2 atom stereocenters. The van der Waals surface area contributed by atoms with E-state index in [2.05, 4.69) is 0 Å². The molecule has 2 rings (SSSR count). The Kier molecular flexibility index (Phi) is 4.32. The van der Waals surface area contributed by atoms with E-state index in [0.717, 1.165) is 5.06 Å². The number of carbonyl (C=O) groups is 1. The normalized spacial score (nSPS) is 26.6. The smallest absolute Gasteiger partial charge is 0.277 e. The van der Waals surface area contributed by atoms with Crippen LogP contribution in [-0.2, 0) is 14.3 Å². The second kappa shape index (κ2) is 5.75. The molecule has 1 aliphatic heterocycles. The molecule has 0 saturated heterocycles. The molecule has 0 bridgehead atoms. The molecule has 122 valence electrons. The number of amides is 1. The first-order valence-corrected chi connectivity index (χ1v) is 6.75. The zero-order chi connectivity index (χ0) is 16.5. The summed E-state index contributed by atoms with van der Waals surface area (Å²) in [5.74, 6) is -1.72. The van der Waals surface area contributed by atoms with Crippen LogP contribution in [0, 0.1) is 0 Å². The molecule has 7 nitrogen and oxygen atoms in total. The van der Waals surface area contributed by atoms with Gasteiger partial charge in [-0.25, -0.2) is 5.06 Å². The van der Waals surface area contributed by atoms with Crippen molar-refractivity contribution in [2.24, 2.45) is 0 Å². The third-order valence-corrected chi connectivity index (χ3v) is 3.96. The standard InChI is InChI=1S/C15H21NO6/c1-14(18-4)15(2,19-5)22-12-9-10(7-8-11(12)21-14)13(17)16(3)20-6/h7-9H,1-6H3/t14-,15-/m1/s1. The highest BCUT2D eigenvalue weighted by Gasteiger charge is 2.54. The quantitative estimate of drug-likeness (QED) is 0.790. The molecule has 0 aromatic heterocycles. The molecule has 1 aliphatic rings. The summed E-state index contributed by atoms with van der Waals surface area (Å²) in [5.41, 5.74) is 0.408. The topological polar surface area (TPSA) is 66.5 Å². The summed E-state index contributed by atoms with van der Waals surface area (Å²) in [4.78, 5) is 17.0. The Bertz CT molecular complexity index is 577. The second-order valence-corrected chi connectivity index (χ2v) is 5.15. The average molecular weight is 311 g/mol. The fraction of sp³-hybridized carbons (Fsp3) is 0.533. The van der Waals surface area contributed by atoms with E-state index in [1.807, 2.05) is 0 Å². The summed E-state index contributed by atoms with van der Waals surface area (Å²) in [6.07, 6.45) is 0. The van der Waals surface area contributed by atoms with Crippen molar-refractivity contribution in [2.45, 2.75) is 25.4 Å². The van der Waals surface area contributed by atoms with Gasteiger partial charge < -0.3 is 18.9 Å². The minimum absolute atomic E-state index is 0.298. The number of methoxy groups -OCH3 is 2. The number of hydrogen-bond acceptors (Lipinski definition) is 6. The van der Waals surface area contributed by atoms with E-state index >= 15 is 0 Å². The predicted molar refractivity (Wildman–Crippen MR) is 77.6 cm³/mol. The first-order chi connectivity index (χ1) is 10.3. The van der Waals surface area contributed by atoms with E-state index in [1.54, 1.807) is 32.0 Å². The third-order valence-electron chi connectivity index (χ3n) is 3.96. The maximum absolute atomic E-state index is 12.1. The number of rotatable bonds is 4. The molecule has 7 heteroatoms. The van der Waals surface area contributed by atoms with Gasteiger partial charge in [-0.3, -0.25) is 9.63 Å². The lowest BCUT2D eigenvalue weighted by Crippen LogP contribution is -2.62. The monoisotopic (exact) mass is 311 g/mol. The molecule has 22 heavy (non-hydrogen) atoms. The van der Waals surface area contributed by atoms with E-state index in [0.29, 0.717) is 17.1 Å². The molecule has 1 aromatic rings. The van der Waals surface area contributed by atoms with Gasteiger partial charge in [0.25, 0.3) is 17.5 Å². The summed E-state index contributed by atoms with van der Waals surface area (Å²) >= 11 is 0. The van der Waals surface area contributed by atoms with Crippen molar-refractivity contribution < 1.29 is 28.6 Å². The zero-order valence-corrected chi connectivity index (χ0v) is 13.6. The highest BCUT2D eigenvalue weighted by atomic mass is 16.8. The number of fused-ring (bicyclic) bond motifs is 1. The Morgan fingerprint density at radius 2 is 1.59 bits per heavy atom. The fourth-order valence-electron chi connectivity index (χ4n) is 2.13. The van der Waals surface area contributed by atoms with Gasteiger partial charge in [-0.05, 0) is 18.2 Å². The maximum atomic E-state index is 12.1. The number of ether oxygens (including phenoxy) is 4. The van der Waals surface area contributed by atoms with Gasteiger partial charge >= 0.3 is 0 Å². The van der Waals surface area contributed by atoms with Gasteiger partial charge in [0.1, 0.15) is 0 Å². The van der Waals surface area contributed by atoms with Crippen LogP contribution < -0.4 is 9.47 Å². The summed E-state index contributed by atoms with van der Waals surface area (Å²) in [6, 6.07) is 4.86. The fourth-order valence-corrected chi connectivity index (χ4v) is 2.13. The van der Waals surface area contributed by atoms with Crippen LogP contribution in [0.5, 0.6) is 11.5 Å². The Hall–Kier alpha value is -1.83. The molecule has 0 spiro atoms. The van der Waals surface area contributed by atoms with Crippen LogP contribution in [0.1, 0.15) is 24.2 Å². The van der Waals surface area contributed by atoms with Crippen LogP contribution in [0.25, 0.3) is 0 Å². The number of carbonyl (C=O) groups excluding carboxylic acids is 1. The minimum Gasteiger partial charge on any atom is -0.452 e. The number of benzene rings is 1. The number of hydrogen-bond donors (Lipinski definition) is 0. The molecular formula is C15H21NO6. The molecular weight excluding hydrogens is 290 g/mol. The Morgan fingerprint density at radius 3 is 2.09 bits per heavy atom. The van der Waals surface area contributed by atoms with E-state index < -0.39 is 11.6 Å². The minimum atomic E-state index is -1.16. The Morgan fingerprint density at radius 1 is 1.05 bits per heavy atom. The lowest BCUT2D eigenvalue weighted by Gasteiger charge is -2.46. The Labute approximate surface area is 129 Å². The molecule has 0 radical (unpaired) electrons. The van der Waals surface area contributed by atoms with Gasteiger partial charge in [-0.2, -0.15) is 0 Å². The van der Waals surface area contributed by atoms with Crippen molar-refractivity contribution in [3.8, 4) is 11.5 Å². The molecule has 0 saturated carbocycles. The van der Waals surface area contributed by atoms with Crippen molar-refractivity contribution >= 4 is 5.91 Å². The third kappa shape index (κ3) is 2.51. The van der Waals surface area contributed by atoms with Gasteiger partial charge in [-0.1, -0.05) is 0 Å². The molecule has 0 N–H and O–H groups in total. The Balaban J connectivity index is 2.40. The van der Waals surface area contributed by atoms with Crippen molar-refractivity contribution in [3.05, 3.63) is 23.8 Å². The SMILES string of the molecule is CON(C)C(=O)c1ccc2c(c1)O[C@@](C)(OC)[C@](C)(OC)O2. The van der Waals surface area contributed by atoms with Crippen LogP contribution in [0.15, 0.2) is 18.2 Å². The summed E-state index contributed by atoms with van der Waals surface area (Å²) in [5, 5.41) is 1.13. The average Bonchev–Trinajstić information content (AvgIpc) is 2.53. The highest BCUT2D eigenvalue weighted by Crippen LogP contribution is 2.44. The number of hydroxylamine groups is 2. The molecule has 1 heterocycles. The van der Waals surface area contributed by atoms with Crippen molar-refractivity contribution in [3.63, 3.8) is 0 Å². The van der Waals surface area contributed by atoms with Crippen LogP contribution in [-0.4, -0.2) is 50.9 Å². The maximum Gasteiger partial charge on any atom is 0.277 e. The summed E-state index contributed by atoms with van der Waals surface area (Å²) in [6.45, 7) is 3.42. The van der Waals surface area contributed by atoms with Gasteiger partial charge in [0.15, 0.2) is 11.5 Å². The van der Waals surface area contributed by atoms with E-state index in [9.17, 15) is 4.79 Å². The largest absolute Gasteiger partial charge is 0.452 e. The highest BCUT2D eigenvalue weighted by molar-refractivity contribution is 5.94. The molecule has 1 aromatic carbocycles. The molecule has 0 aliphatic carbocycles. The first kappa shape index (κ1) is 16.5. The van der Waals surface area contributed by atoms with Gasteiger partial charge in [0.05, 0.1) is 7.11 Å². The van der Waals surface area contributed by atoms with Crippen LogP contribution in [0.4, 0.5) is 0 Å². The zero-order valence-electron chi connectivity index (χ0n) is 13.6. The van der Waals surface area contributed by atoms with Gasteiger partial charge in [-0.15, -0.1) is 0 Å². The lowest BCUT2D eigenvalue weighted by atomic mass is 10.1. The molecule has 1 amide bonds. The van der Waals surface area contributed by atoms with Crippen molar-refractivity contribution in [2.75, 3.05) is 28.4 Å². The summed E-state index contributed by atoms with van der Waals surface area (Å²) < 4.78 is 22.6. The van der Waals surface area contributed by atoms with E-state index in [1.165, 1.54) is 28.4 Å². The van der Waals surface area contributed by atoms with Crippen LogP contribution >= 0.6 is 0 Å². The van der Waals surface area contributed by atoms with Crippen LogP contribution in [0.2, 0.25) is 0 Å². The first-order valence-electron chi connectivity index (χ1n) is 6.75. The number of nitrogens with zero attached hydrogens (tertiary/aromatic N) is 1. The van der Waals surface area contributed by atoms with Crippen molar-refractivity contribution in [1.82, 2.24) is 5.06 Å². The lowest BCUT2D eigenvalue weighted by molar-refractivity contribution is -0.345. The summed E-state index contributed by atoms with van der Waals surface area (Å²) in [7, 11) is 5.96. The predicted octanol–water partition coefficient (Wildman–Crippen LogP) is 1.82. The van der Waals surface area contributed by atoms with E-state index in [4.69, 9.17) is 23.8 Å². The van der Waals surface area contributed by atoms with Gasteiger partial charge in [0.2, 0.25) is 0 Å². The van der Waals surface area contributed by atoms with E-state index in [-0.39, 0.29) is 5.91 Å². The second-order valence-electron chi connectivity index (χ2n) is 5.15.